The molecular formula is C14H10N4O. The highest BCUT2D eigenvalue weighted by Gasteiger charge is 2.24. The number of fused-ring (bicyclic) bond motifs is 1. The predicted octanol–water partition coefficient (Wildman–Crippen LogP) is 2.22. The van der Waals surface area contributed by atoms with E-state index in [0.717, 1.165) is 11.3 Å². The molecule has 0 unspecified atom stereocenters. The maximum Gasteiger partial charge on any atom is 0.181 e. The third-order valence-corrected chi connectivity index (χ3v) is 3.09. The van der Waals surface area contributed by atoms with Gasteiger partial charge in [-0.3, -0.25) is 4.79 Å². The number of aromatic nitrogens is 2. The molecule has 0 atom stereocenters. The number of hydrogen-bond donors (Lipinski definition) is 1. The molecule has 1 aromatic heterocycles. The van der Waals surface area contributed by atoms with Crippen LogP contribution in [-0.4, -0.2) is 15.8 Å². The smallest absolute Gasteiger partial charge is 0.181 e. The first-order valence-corrected chi connectivity index (χ1v) is 5.92. The largest absolute Gasteiger partial charge is 0.340 e. The number of hydrogen-bond acceptors (Lipinski definition) is 5. The fourth-order valence-corrected chi connectivity index (χ4v) is 2.12. The molecule has 0 saturated carbocycles. The van der Waals surface area contributed by atoms with Crippen molar-refractivity contribution in [1.29, 1.82) is 5.26 Å². The van der Waals surface area contributed by atoms with Gasteiger partial charge >= 0.3 is 0 Å². The van der Waals surface area contributed by atoms with Crippen LogP contribution in [0.2, 0.25) is 0 Å². The van der Waals surface area contributed by atoms with E-state index in [1.165, 1.54) is 6.33 Å². The number of nitriles is 1. The first-order chi connectivity index (χ1) is 9.28. The molecule has 1 aliphatic rings. The fourth-order valence-electron chi connectivity index (χ4n) is 2.12. The minimum Gasteiger partial charge on any atom is -0.340 e. The number of ketones is 1. The van der Waals surface area contributed by atoms with Crippen molar-refractivity contribution in [3.63, 3.8) is 0 Å². The van der Waals surface area contributed by atoms with Crippen LogP contribution in [0.5, 0.6) is 0 Å². The summed E-state index contributed by atoms with van der Waals surface area (Å²) in [6, 6.07) is 9.15. The van der Waals surface area contributed by atoms with Crippen LogP contribution in [-0.2, 0) is 6.42 Å². The second-order valence-electron chi connectivity index (χ2n) is 4.29. The Morgan fingerprint density at radius 2 is 1.95 bits per heavy atom. The molecule has 1 aliphatic carbocycles. The summed E-state index contributed by atoms with van der Waals surface area (Å²) in [6.07, 6.45) is 2.57. The van der Waals surface area contributed by atoms with Crippen molar-refractivity contribution in [1.82, 2.24) is 9.97 Å². The van der Waals surface area contributed by atoms with Crippen molar-refractivity contribution in [2.75, 3.05) is 5.32 Å². The van der Waals surface area contributed by atoms with Gasteiger partial charge in [0, 0.05) is 17.7 Å². The molecule has 0 radical (unpaired) electrons. The molecule has 0 aliphatic heterocycles. The lowest BCUT2D eigenvalue weighted by Gasteiger charge is -2.08. The molecule has 5 heteroatoms. The van der Waals surface area contributed by atoms with Crippen LogP contribution >= 0.6 is 0 Å². The van der Waals surface area contributed by atoms with E-state index in [9.17, 15) is 4.79 Å². The van der Waals surface area contributed by atoms with Crippen molar-refractivity contribution < 1.29 is 4.79 Å². The van der Waals surface area contributed by atoms with Gasteiger partial charge in [0.1, 0.15) is 17.8 Å². The lowest BCUT2D eigenvalue weighted by Crippen LogP contribution is -2.02. The van der Waals surface area contributed by atoms with E-state index in [4.69, 9.17) is 5.26 Å². The average molecular weight is 250 g/mol. The molecule has 2 aromatic rings. The number of nitrogens with one attached hydrogen (secondary N) is 1. The number of Topliss-reactive ketones (excluding diaryl/α,β-unsaturated/α-hetero) is 1. The van der Waals surface area contributed by atoms with Crippen LogP contribution < -0.4 is 5.32 Å². The number of benzene rings is 1. The summed E-state index contributed by atoms with van der Waals surface area (Å²) in [5.41, 5.74) is 2.83. The summed E-state index contributed by atoms with van der Waals surface area (Å²) >= 11 is 0. The zero-order chi connectivity index (χ0) is 13.2. The van der Waals surface area contributed by atoms with Gasteiger partial charge in [-0.1, -0.05) is 0 Å². The van der Waals surface area contributed by atoms with Crippen LogP contribution in [0.15, 0.2) is 30.6 Å². The highest BCUT2D eigenvalue weighted by Crippen LogP contribution is 2.27. The SMILES string of the molecule is N#Cc1ccc(Nc2ncnc3c2CCC3=O)cc1. The summed E-state index contributed by atoms with van der Waals surface area (Å²) in [5.74, 6) is 0.737. The van der Waals surface area contributed by atoms with Crippen molar-refractivity contribution in [2.45, 2.75) is 12.8 Å². The van der Waals surface area contributed by atoms with Crippen LogP contribution in [0.4, 0.5) is 11.5 Å². The van der Waals surface area contributed by atoms with E-state index in [1.807, 2.05) is 12.1 Å². The summed E-state index contributed by atoms with van der Waals surface area (Å²) in [6.45, 7) is 0. The topological polar surface area (TPSA) is 78.7 Å². The Kier molecular flexibility index (Phi) is 2.69. The van der Waals surface area contributed by atoms with E-state index < -0.39 is 0 Å². The Bertz CT molecular complexity index is 686. The summed E-state index contributed by atoms with van der Waals surface area (Å²) < 4.78 is 0. The first-order valence-electron chi connectivity index (χ1n) is 5.92. The van der Waals surface area contributed by atoms with Gasteiger partial charge in [-0.25, -0.2) is 9.97 Å². The van der Waals surface area contributed by atoms with Gasteiger partial charge in [0.25, 0.3) is 0 Å². The van der Waals surface area contributed by atoms with Gasteiger partial charge < -0.3 is 5.32 Å². The molecule has 0 amide bonds. The number of carbonyl (C=O) groups excluding carboxylic acids is 1. The molecule has 1 heterocycles. The molecule has 1 aromatic carbocycles. The summed E-state index contributed by atoms with van der Waals surface area (Å²) in [5, 5.41) is 11.9. The zero-order valence-electron chi connectivity index (χ0n) is 10.1. The van der Waals surface area contributed by atoms with Crippen LogP contribution in [0.3, 0.4) is 0 Å². The lowest BCUT2D eigenvalue weighted by molar-refractivity contribution is 0.0990. The van der Waals surface area contributed by atoms with Gasteiger partial charge in [0.05, 0.1) is 11.6 Å². The van der Waals surface area contributed by atoms with Crippen molar-refractivity contribution in [3.05, 3.63) is 47.4 Å². The van der Waals surface area contributed by atoms with Crippen LogP contribution in [0, 0.1) is 11.3 Å². The predicted molar refractivity (Wildman–Crippen MR) is 69.1 cm³/mol. The fraction of sp³-hybridized carbons (Fsp3) is 0.143. The number of carbonyl (C=O) groups is 1. The molecule has 3 rings (SSSR count). The number of nitrogens with zero attached hydrogens (tertiary/aromatic N) is 3. The first kappa shape index (κ1) is 11.4. The number of rotatable bonds is 2. The van der Waals surface area contributed by atoms with E-state index >= 15 is 0 Å². The molecule has 92 valence electrons. The monoisotopic (exact) mass is 250 g/mol. The quantitative estimate of drug-likeness (QED) is 0.884. The molecule has 5 nitrogen and oxygen atoms in total. The van der Waals surface area contributed by atoms with E-state index in [1.54, 1.807) is 12.1 Å². The molecule has 0 fully saturated rings. The lowest BCUT2D eigenvalue weighted by atomic mass is 10.2. The van der Waals surface area contributed by atoms with Crippen LogP contribution in [0.25, 0.3) is 0 Å². The van der Waals surface area contributed by atoms with E-state index in [-0.39, 0.29) is 5.78 Å². The van der Waals surface area contributed by atoms with Gasteiger partial charge in [0.2, 0.25) is 0 Å². The summed E-state index contributed by atoms with van der Waals surface area (Å²) in [4.78, 5) is 19.8. The van der Waals surface area contributed by atoms with Gasteiger partial charge in [-0.2, -0.15) is 5.26 Å². The Morgan fingerprint density at radius 3 is 2.68 bits per heavy atom. The Balaban J connectivity index is 1.92. The van der Waals surface area contributed by atoms with Gasteiger partial charge in [-0.05, 0) is 30.7 Å². The maximum atomic E-state index is 11.6. The minimum atomic E-state index is 0.0697. The van der Waals surface area contributed by atoms with Crippen LogP contribution in [0.1, 0.15) is 28.0 Å². The van der Waals surface area contributed by atoms with Gasteiger partial charge in [0.15, 0.2) is 5.78 Å². The maximum absolute atomic E-state index is 11.6. The van der Waals surface area contributed by atoms with E-state index in [2.05, 4.69) is 21.4 Å². The Labute approximate surface area is 109 Å². The molecule has 0 bridgehead atoms. The molecule has 0 spiro atoms. The average Bonchev–Trinajstić information content (AvgIpc) is 2.83. The van der Waals surface area contributed by atoms with Crippen molar-refractivity contribution in [3.8, 4) is 6.07 Å². The van der Waals surface area contributed by atoms with Gasteiger partial charge in [-0.15, -0.1) is 0 Å². The molecular weight excluding hydrogens is 240 g/mol. The minimum absolute atomic E-state index is 0.0697. The molecule has 19 heavy (non-hydrogen) atoms. The second-order valence-corrected chi connectivity index (χ2v) is 4.29. The van der Waals surface area contributed by atoms with Crippen molar-refractivity contribution in [2.24, 2.45) is 0 Å². The molecule has 1 N–H and O–H groups in total. The number of anilines is 2. The normalized spacial score (nSPS) is 12.9. The Hall–Kier alpha value is -2.74. The second kappa shape index (κ2) is 4.50. The highest BCUT2D eigenvalue weighted by atomic mass is 16.1. The Morgan fingerprint density at radius 1 is 1.16 bits per heavy atom. The zero-order valence-corrected chi connectivity index (χ0v) is 10.1. The molecule has 0 saturated heterocycles. The highest BCUT2D eigenvalue weighted by molar-refractivity contribution is 5.99. The summed E-state index contributed by atoms with van der Waals surface area (Å²) in [7, 11) is 0. The standard InChI is InChI=1S/C14H10N4O/c15-7-9-1-3-10(4-2-9)18-14-11-5-6-12(19)13(11)16-8-17-14/h1-4,8H,5-6H2,(H,16,17,18). The van der Waals surface area contributed by atoms with E-state index in [0.29, 0.717) is 29.9 Å². The third kappa shape index (κ3) is 2.04. The van der Waals surface area contributed by atoms with Crippen molar-refractivity contribution >= 4 is 17.3 Å². The third-order valence-electron chi connectivity index (χ3n) is 3.09.